The molecule has 2 aliphatic rings. The number of rotatable bonds is 6. The molecule has 1 saturated heterocycles. The van der Waals surface area contributed by atoms with Gasteiger partial charge in [-0.3, -0.25) is 9.59 Å². The summed E-state index contributed by atoms with van der Waals surface area (Å²) in [6.07, 6.45) is 3.89. The van der Waals surface area contributed by atoms with Crippen LogP contribution in [0.4, 0.5) is 10.5 Å². The summed E-state index contributed by atoms with van der Waals surface area (Å²) in [7, 11) is 1.22. The van der Waals surface area contributed by atoms with E-state index in [2.05, 4.69) is 10.6 Å². The van der Waals surface area contributed by atoms with Crippen molar-refractivity contribution >= 4 is 52.7 Å². The van der Waals surface area contributed by atoms with Gasteiger partial charge in [-0.2, -0.15) is 0 Å². The van der Waals surface area contributed by atoms with Crippen LogP contribution in [0.25, 0.3) is 0 Å². The standard InChI is InChI=1S/C25H25Cl2N3O5/c1-35-22(32)19(30-23(33)25(29-24(30)34)12-3-2-4-13-25)14-15-8-10-16(11-9-15)28-21(31)20-17(26)6-5-7-18(20)27/h5-11,19H,2-4,12-14H2,1H3,(H,28,31)(H,29,34)/t19-/m0/s1. The maximum atomic E-state index is 13.3. The number of nitrogens with zero attached hydrogens (tertiary/aromatic N) is 1. The van der Waals surface area contributed by atoms with Gasteiger partial charge in [-0.15, -0.1) is 0 Å². The Balaban J connectivity index is 1.50. The number of amides is 4. The monoisotopic (exact) mass is 517 g/mol. The van der Waals surface area contributed by atoms with Crippen LogP contribution in [0.5, 0.6) is 0 Å². The Morgan fingerprint density at radius 1 is 1.06 bits per heavy atom. The average molecular weight is 518 g/mol. The van der Waals surface area contributed by atoms with Crippen molar-refractivity contribution in [3.8, 4) is 0 Å². The fraction of sp³-hybridized carbons (Fsp3) is 0.360. The maximum absolute atomic E-state index is 13.3. The summed E-state index contributed by atoms with van der Waals surface area (Å²) in [5.74, 6) is -1.51. The topological polar surface area (TPSA) is 105 Å². The van der Waals surface area contributed by atoms with Crippen LogP contribution in [0.2, 0.25) is 10.0 Å². The number of hydrogen-bond acceptors (Lipinski definition) is 5. The minimum Gasteiger partial charge on any atom is -0.467 e. The highest BCUT2D eigenvalue weighted by Gasteiger charge is 2.54. The Hall–Kier alpha value is -3.10. The molecule has 1 aliphatic heterocycles. The quantitative estimate of drug-likeness (QED) is 0.430. The van der Waals surface area contributed by atoms with E-state index in [0.717, 1.165) is 24.2 Å². The smallest absolute Gasteiger partial charge is 0.329 e. The number of imide groups is 1. The van der Waals surface area contributed by atoms with Gasteiger partial charge in [-0.1, -0.05) is 60.7 Å². The molecule has 2 N–H and O–H groups in total. The number of esters is 1. The van der Waals surface area contributed by atoms with Gasteiger partial charge in [0.15, 0.2) is 0 Å². The van der Waals surface area contributed by atoms with Crippen molar-refractivity contribution in [1.82, 2.24) is 10.2 Å². The van der Waals surface area contributed by atoms with Gasteiger partial charge >= 0.3 is 12.0 Å². The van der Waals surface area contributed by atoms with Crippen molar-refractivity contribution in [2.24, 2.45) is 0 Å². The summed E-state index contributed by atoms with van der Waals surface area (Å²) < 4.78 is 4.92. The first-order valence-electron chi connectivity index (χ1n) is 11.3. The largest absolute Gasteiger partial charge is 0.467 e. The van der Waals surface area contributed by atoms with Crippen molar-refractivity contribution in [2.75, 3.05) is 12.4 Å². The van der Waals surface area contributed by atoms with Crippen molar-refractivity contribution < 1.29 is 23.9 Å². The summed E-state index contributed by atoms with van der Waals surface area (Å²) in [5, 5.41) is 6.03. The first-order chi connectivity index (χ1) is 16.8. The molecule has 0 aromatic heterocycles. The third kappa shape index (κ3) is 4.99. The van der Waals surface area contributed by atoms with Gasteiger partial charge < -0.3 is 15.4 Å². The normalized spacial score (nSPS) is 17.7. The van der Waals surface area contributed by atoms with E-state index in [9.17, 15) is 19.2 Å². The Morgan fingerprint density at radius 2 is 1.69 bits per heavy atom. The SMILES string of the molecule is COC(=O)[C@H](Cc1ccc(NC(=O)c2c(Cl)cccc2Cl)cc1)N1C(=O)NC2(CCCCC2)C1=O. The third-order valence-corrected chi connectivity index (χ3v) is 7.15. The molecule has 8 nitrogen and oxygen atoms in total. The molecule has 0 bridgehead atoms. The molecule has 1 aliphatic carbocycles. The van der Waals surface area contributed by atoms with Gasteiger partial charge in [0.2, 0.25) is 0 Å². The first kappa shape index (κ1) is 25.0. The molecular weight excluding hydrogens is 493 g/mol. The minimum absolute atomic E-state index is 0.0759. The van der Waals surface area contributed by atoms with Crippen LogP contribution in [0.3, 0.4) is 0 Å². The van der Waals surface area contributed by atoms with Crippen molar-refractivity contribution in [2.45, 2.75) is 50.1 Å². The maximum Gasteiger partial charge on any atom is 0.329 e. The highest BCUT2D eigenvalue weighted by Crippen LogP contribution is 2.35. The van der Waals surface area contributed by atoms with Gasteiger partial charge in [0.25, 0.3) is 11.8 Å². The van der Waals surface area contributed by atoms with E-state index in [1.807, 2.05) is 0 Å². The molecule has 1 spiro atoms. The van der Waals surface area contributed by atoms with E-state index in [4.69, 9.17) is 27.9 Å². The van der Waals surface area contributed by atoms with Crippen molar-refractivity contribution in [3.63, 3.8) is 0 Å². The molecule has 2 fully saturated rings. The molecule has 10 heteroatoms. The summed E-state index contributed by atoms with van der Waals surface area (Å²) in [6.45, 7) is 0. The van der Waals surface area contributed by atoms with Crippen LogP contribution in [0, 0.1) is 0 Å². The summed E-state index contributed by atoms with van der Waals surface area (Å²) in [6, 6.07) is 9.83. The van der Waals surface area contributed by atoms with Crippen LogP contribution in [0.1, 0.15) is 48.0 Å². The number of carbonyl (C=O) groups excluding carboxylic acids is 4. The zero-order valence-corrected chi connectivity index (χ0v) is 20.6. The first-order valence-corrected chi connectivity index (χ1v) is 12.1. The van der Waals surface area contributed by atoms with E-state index < -0.39 is 29.5 Å². The van der Waals surface area contributed by atoms with Crippen LogP contribution < -0.4 is 10.6 Å². The van der Waals surface area contributed by atoms with Gasteiger partial charge in [0, 0.05) is 12.1 Å². The number of hydrogen-bond donors (Lipinski definition) is 2. The molecule has 2 aromatic carbocycles. The number of methoxy groups -OCH3 is 1. The molecule has 0 radical (unpaired) electrons. The number of benzene rings is 2. The zero-order chi connectivity index (χ0) is 25.2. The average Bonchev–Trinajstić information content (AvgIpc) is 3.07. The van der Waals surface area contributed by atoms with Gasteiger partial charge in [0.05, 0.1) is 22.7 Å². The Kier molecular flexibility index (Phi) is 7.33. The fourth-order valence-electron chi connectivity index (χ4n) is 4.69. The second kappa shape index (κ2) is 10.3. The van der Waals surface area contributed by atoms with E-state index in [1.54, 1.807) is 42.5 Å². The molecule has 35 heavy (non-hydrogen) atoms. The van der Waals surface area contributed by atoms with E-state index in [-0.39, 0.29) is 27.9 Å². The van der Waals surface area contributed by atoms with Crippen LogP contribution in [-0.4, -0.2) is 47.4 Å². The molecule has 184 valence electrons. The predicted octanol–water partition coefficient (Wildman–Crippen LogP) is 4.58. The minimum atomic E-state index is -1.10. The Morgan fingerprint density at radius 3 is 2.29 bits per heavy atom. The lowest BCUT2D eigenvalue weighted by atomic mass is 9.81. The molecule has 1 atom stereocenters. The summed E-state index contributed by atoms with van der Waals surface area (Å²) >= 11 is 12.2. The molecule has 1 saturated carbocycles. The van der Waals surface area contributed by atoms with E-state index >= 15 is 0 Å². The van der Waals surface area contributed by atoms with Gasteiger partial charge in [0.1, 0.15) is 11.6 Å². The fourth-order valence-corrected chi connectivity index (χ4v) is 5.26. The highest BCUT2D eigenvalue weighted by atomic mass is 35.5. The molecular formula is C25H25Cl2N3O5. The van der Waals surface area contributed by atoms with Crippen molar-refractivity contribution in [3.05, 3.63) is 63.6 Å². The lowest BCUT2D eigenvalue weighted by Crippen LogP contribution is -2.51. The number of anilines is 1. The molecule has 0 unspecified atom stereocenters. The Labute approximate surface area is 212 Å². The molecule has 4 rings (SSSR count). The number of carbonyl (C=O) groups is 4. The second-order valence-electron chi connectivity index (χ2n) is 8.74. The predicted molar refractivity (Wildman–Crippen MR) is 132 cm³/mol. The molecule has 1 heterocycles. The number of ether oxygens (including phenoxy) is 1. The van der Waals surface area contributed by atoms with E-state index in [1.165, 1.54) is 7.11 Å². The molecule has 2 aromatic rings. The number of nitrogens with one attached hydrogen (secondary N) is 2. The molecule has 4 amide bonds. The lowest BCUT2D eigenvalue weighted by molar-refractivity contribution is -0.150. The summed E-state index contributed by atoms with van der Waals surface area (Å²) in [5.41, 5.74) is 0.399. The van der Waals surface area contributed by atoms with Gasteiger partial charge in [-0.05, 0) is 42.7 Å². The summed E-state index contributed by atoms with van der Waals surface area (Å²) in [4.78, 5) is 52.3. The number of urea groups is 1. The van der Waals surface area contributed by atoms with Crippen LogP contribution in [-0.2, 0) is 20.7 Å². The van der Waals surface area contributed by atoms with Crippen LogP contribution in [0.15, 0.2) is 42.5 Å². The third-order valence-electron chi connectivity index (χ3n) is 6.52. The second-order valence-corrected chi connectivity index (χ2v) is 9.55. The van der Waals surface area contributed by atoms with Gasteiger partial charge in [-0.25, -0.2) is 14.5 Å². The van der Waals surface area contributed by atoms with Crippen molar-refractivity contribution in [1.29, 1.82) is 0 Å². The Bertz CT molecular complexity index is 1140. The van der Waals surface area contributed by atoms with E-state index in [0.29, 0.717) is 24.1 Å². The highest BCUT2D eigenvalue weighted by molar-refractivity contribution is 6.40. The number of halogens is 2. The van der Waals surface area contributed by atoms with Crippen LogP contribution >= 0.6 is 23.2 Å². The zero-order valence-electron chi connectivity index (χ0n) is 19.1. The lowest BCUT2D eigenvalue weighted by Gasteiger charge is -2.31.